The van der Waals surface area contributed by atoms with Gasteiger partial charge >= 0.3 is 0 Å². The Kier molecular flexibility index (Phi) is 4.53. The lowest BCUT2D eigenvalue weighted by Crippen LogP contribution is -1.65. The zero-order valence-corrected chi connectivity index (χ0v) is 8.93. The van der Waals surface area contributed by atoms with Crippen LogP contribution in [0.3, 0.4) is 0 Å². The summed E-state index contributed by atoms with van der Waals surface area (Å²) in [6, 6.07) is 8.19. The summed E-state index contributed by atoms with van der Waals surface area (Å²) in [5.74, 6) is 0. The largest absolute Gasteiger partial charge is 0.242 e. The van der Waals surface area contributed by atoms with Crippen molar-refractivity contribution in [2.24, 2.45) is 0 Å². The lowest BCUT2D eigenvalue weighted by molar-refractivity contribution is 1.35. The topological polar surface area (TPSA) is 12.9 Å². The maximum atomic E-state index is 4.33. The summed E-state index contributed by atoms with van der Waals surface area (Å²) in [6.07, 6.45) is 0. The molecule has 0 radical (unpaired) electrons. The third-order valence-corrected chi connectivity index (χ3v) is 2.35. The molecule has 0 saturated heterocycles. The van der Waals surface area contributed by atoms with Crippen molar-refractivity contribution in [1.29, 1.82) is 0 Å². The second kappa shape index (κ2) is 4.65. The van der Waals surface area contributed by atoms with Crippen molar-refractivity contribution < 1.29 is 0 Å². The van der Waals surface area contributed by atoms with Gasteiger partial charge in [0.15, 0.2) is 0 Å². The van der Waals surface area contributed by atoms with E-state index in [0.29, 0.717) is 0 Å². The van der Waals surface area contributed by atoms with E-state index in [0.717, 1.165) is 10.5 Å². The average Bonchev–Trinajstić information content (AvgIpc) is 2.27. The summed E-state index contributed by atoms with van der Waals surface area (Å²) >= 11 is 1.74. The first-order chi connectivity index (χ1) is 4.86. The molecule has 4 heteroatoms. The summed E-state index contributed by atoms with van der Waals surface area (Å²) < 4.78 is 1.28. The minimum atomic E-state index is 0. The molecule has 0 amide bonds. The fourth-order valence-electron chi connectivity index (χ4n) is 0.987. The molecule has 1 heterocycles. The van der Waals surface area contributed by atoms with Gasteiger partial charge in [-0.05, 0) is 19.1 Å². The Morgan fingerprint density at radius 2 is 1.83 bits per heavy atom. The SMILES string of the molecule is Cc1nc2ccccc2s1.Cl.Cl. The highest BCUT2D eigenvalue weighted by atomic mass is 35.5. The fourth-order valence-corrected chi connectivity index (χ4v) is 1.81. The van der Waals surface area contributed by atoms with E-state index in [4.69, 9.17) is 0 Å². The predicted octanol–water partition coefficient (Wildman–Crippen LogP) is 3.45. The molecule has 0 fully saturated rings. The molecule has 1 aromatic carbocycles. The second-order valence-corrected chi connectivity index (χ2v) is 3.44. The Morgan fingerprint density at radius 1 is 1.17 bits per heavy atom. The number of aromatic nitrogens is 1. The van der Waals surface area contributed by atoms with Gasteiger partial charge < -0.3 is 0 Å². The molecule has 2 rings (SSSR count). The van der Waals surface area contributed by atoms with Crippen LogP contribution in [0.4, 0.5) is 0 Å². The normalized spacial score (nSPS) is 8.75. The van der Waals surface area contributed by atoms with E-state index in [1.54, 1.807) is 11.3 Å². The number of halogens is 2. The van der Waals surface area contributed by atoms with E-state index in [9.17, 15) is 0 Å². The molecule has 1 nitrogen and oxygen atoms in total. The average molecular weight is 222 g/mol. The van der Waals surface area contributed by atoms with E-state index in [-0.39, 0.29) is 24.8 Å². The van der Waals surface area contributed by atoms with Crippen molar-refractivity contribution in [3.05, 3.63) is 29.3 Å². The molecule has 0 aliphatic carbocycles. The minimum Gasteiger partial charge on any atom is -0.242 e. The van der Waals surface area contributed by atoms with Crippen LogP contribution in [0.25, 0.3) is 10.2 Å². The van der Waals surface area contributed by atoms with Crippen molar-refractivity contribution >= 4 is 46.4 Å². The van der Waals surface area contributed by atoms with Gasteiger partial charge in [-0.15, -0.1) is 36.2 Å². The van der Waals surface area contributed by atoms with Gasteiger partial charge in [0.25, 0.3) is 0 Å². The zero-order valence-electron chi connectivity index (χ0n) is 6.48. The van der Waals surface area contributed by atoms with Crippen LogP contribution in [0.2, 0.25) is 0 Å². The first-order valence-corrected chi connectivity index (χ1v) is 4.00. The second-order valence-electron chi connectivity index (χ2n) is 2.20. The van der Waals surface area contributed by atoms with Gasteiger partial charge in [0.05, 0.1) is 15.2 Å². The van der Waals surface area contributed by atoms with E-state index >= 15 is 0 Å². The minimum absolute atomic E-state index is 0. The number of benzene rings is 1. The van der Waals surface area contributed by atoms with Gasteiger partial charge in [0.1, 0.15) is 0 Å². The third kappa shape index (κ3) is 2.09. The molecule has 0 unspecified atom stereocenters. The molecule has 1 aromatic heterocycles. The van der Waals surface area contributed by atoms with Gasteiger partial charge in [-0.1, -0.05) is 12.1 Å². The molecule has 2 aromatic rings. The van der Waals surface area contributed by atoms with Gasteiger partial charge in [0.2, 0.25) is 0 Å². The van der Waals surface area contributed by atoms with E-state index in [1.165, 1.54) is 4.70 Å². The first kappa shape index (κ1) is 11.7. The maximum Gasteiger partial charge on any atom is 0.0907 e. The number of hydrogen-bond acceptors (Lipinski definition) is 2. The molecular formula is C8H9Cl2NS. The third-order valence-electron chi connectivity index (χ3n) is 1.40. The zero-order chi connectivity index (χ0) is 6.97. The molecule has 12 heavy (non-hydrogen) atoms. The van der Waals surface area contributed by atoms with Crippen LogP contribution in [-0.4, -0.2) is 4.98 Å². The standard InChI is InChI=1S/C8H7NS.2ClH/c1-6-9-7-4-2-3-5-8(7)10-6;;/h2-5H,1H3;2*1H. The van der Waals surface area contributed by atoms with Crippen LogP contribution >= 0.6 is 36.2 Å². The summed E-state index contributed by atoms with van der Waals surface area (Å²) in [4.78, 5) is 4.33. The van der Waals surface area contributed by atoms with Crippen LogP contribution in [0, 0.1) is 6.92 Å². The molecule has 0 bridgehead atoms. The van der Waals surface area contributed by atoms with Crippen LogP contribution in [0.15, 0.2) is 24.3 Å². The van der Waals surface area contributed by atoms with Crippen molar-refractivity contribution in [1.82, 2.24) is 4.98 Å². The van der Waals surface area contributed by atoms with E-state index in [2.05, 4.69) is 11.1 Å². The van der Waals surface area contributed by atoms with Crippen molar-refractivity contribution in [3.8, 4) is 0 Å². The van der Waals surface area contributed by atoms with E-state index < -0.39 is 0 Å². The van der Waals surface area contributed by atoms with Crippen LogP contribution in [-0.2, 0) is 0 Å². The highest BCUT2D eigenvalue weighted by molar-refractivity contribution is 7.18. The van der Waals surface area contributed by atoms with Crippen molar-refractivity contribution in [2.45, 2.75) is 6.92 Å². The predicted molar refractivity (Wildman–Crippen MR) is 58.9 cm³/mol. The highest BCUT2D eigenvalue weighted by Crippen LogP contribution is 2.19. The number of nitrogens with zero attached hydrogens (tertiary/aromatic N) is 1. The fraction of sp³-hybridized carbons (Fsp3) is 0.125. The number of fused-ring (bicyclic) bond motifs is 1. The first-order valence-electron chi connectivity index (χ1n) is 3.18. The number of para-hydroxylation sites is 1. The van der Waals surface area contributed by atoms with Gasteiger partial charge in [-0.25, -0.2) is 4.98 Å². The Labute approximate surface area is 87.6 Å². The van der Waals surface area contributed by atoms with E-state index in [1.807, 2.05) is 25.1 Å². The number of thiazole rings is 1. The Morgan fingerprint density at radius 3 is 2.50 bits per heavy atom. The molecule has 0 aliphatic rings. The summed E-state index contributed by atoms with van der Waals surface area (Å²) in [6.45, 7) is 2.03. The van der Waals surface area contributed by atoms with Crippen LogP contribution in [0.5, 0.6) is 0 Å². The molecular weight excluding hydrogens is 213 g/mol. The van der Waals surface area contributed by atoms with Gasteiger partial charge in [-0.3, -0.25) is 0 Å². The Balaban J connectivity index is 0.000000605. The Hall–Kier alpha value is -0.310. The summed E-state index contributed by atoms with van der Waals surface area (Å²) in [7, 11) is 0. The van der Waals surface area contributed by atoms with Crippen molar-refractivity contribution in [3.63, 3.8) is 0 Å². The lowest BCUT2D eigenvalue weighted by Gasteiger charge is -1.80. The van der Waals surface area contributed by atoms with Crippen molar-refractivity contribution in [2.75, 3.05) is 0 Å². The maximum absolute atomic E-state index is 4.33. The Bertz CT molecular complexity index is 326. The van der Waals surface area contributed by atoms with Gasteiger partial charge in [0, 0.05) is 0 Å². The lowest BCUT2D eigenvalue weighted by atomic mass is 10.3. The van der Waals surface area contributed by atoms with Crippen LogP contribution in [0.1, 0.15) is 5.01 Å². The molecule has 0 spiro atoms. The summed E-state index contributed by atoms with van der Waals surface area (Å²) in [5, 5.41) is 1.14. The monoisotopic (exact) mass is 221 g/mol. The van der Waals surface area contributed by atoms with Crippen LogP contribution < -0.4 is 0 Å². The quantitative estimate of drug-likeness (QED) is 0.665. The van der Waals surface area contributed by atoms with Gasteiger partial charge in [-0.2, -0.15) is 0 Å². The highest BCUT2D eigenvalue weighted by Gasteiger charge is 1.95. The smallest absolute Gasteiger partial charge is 0.0907 e. The molecule has 0 saturated carbocycles. The molecule has 0 aliphatic heterocycles. The molecule has 0 N–H and O–H groups in total. The molecule has 0 atom stereocenters. The summed E-state index contributed by atoms with van der Waals surface area (Å²) in [5.41, 5.74) is 1.12. The number of hydrogen-bond donors (Lipinski definition) is 0. The number of aryl methyl sites for hydroxylation is 1. The number of rotatable bonds is 0. The molecule has 66 valence electrons.